The Kier molecular flexibility index (Phi) is 5.20. The van der Waals surface area contributed by atoms with Gasteiger partial charge in [-0.05, 0) is 39.0 Å². The third-order valence-corrected chi connectivity index (χ3v) is 4.71. The highest BCUT2D eigenvalue weighted by molar-refractivity contribution is 6.06. The number of hydrogen-bond acceptors (Lipinski definition) is 3. The van der Waals surface area contributed by atoms with Crippen LogP contribution in [0.2, 0.25) is 0 Å². The summed E-state index contributed by atoms with van der Waals surface area (Å²) in [6.07, 6.45) is 4.14. The van der Waals surface area contributed by atoms with E-state index in [4.69, 9.17) is 10.9 Å². The van der Waals surface area contributed by atoms with Crippen molar-refractivity contribution >= 4 is 11.7 Å². The van der Waals surface area contributed by atoms with Gasteiger partial charge in [0.2, 0.25) is 5.91 Å². The standard InChI is InChI=1S/C14H27N3O2/c1-5-11-9-8-10(4)17(11)13(18)14(6-2,7-3)12(15)16-19/h10-11,19H,5-9H2,1-4H3,(H2,15,16). The first-order chi connectivity index (χ1) is 8.98. The van der Waals surface area contributed by atoms with Crippen LogP contribution in [0, 0.1) is 5.41 Å². The van der Waals surface area contributed by atoms with Gasteiger partial charge in [-0.1, -0.05) is 25.9 Å². The molecule has 0 aromatic carbocycles. The Morgan fingerprint density at radius 1 is 1.37 bits per heavy atom. The highest BCUT2D eigenvalue weighted by atomic mass is 16.4. The molecule has 5 nitrogen and oxygen atoms in total. The summed E-state index contributed by atoms with van der Waals surface area (Å²) in [6, 6.07) is 0.521. The third kappa shape index (κ3) is 2.55. The second kappa shape index (κ2) is 6.26. The van der Waals surface area contributed by atoms with Crippen LogP contribution in [-0.2, 0) is 4.79 Å². The Morgan fingerprint density at radius 3 is 2.37 bits per heavy atom. The fourth-order valence-corrected chi connectivity index (χ4v) is 3.21. The third-order valence-electron chi connectivity index (χ3n) is 4.71. The molecule has 3 N–H and O–H groups in total. The van der Waals surface area contributed by atoms with Crippen molar-refractivity contribution < 1.29 is 10.0 Å². The van der Waals surface area contributed by atoms with Crippen LogP contribution in [-0.4, -0.2) is 33.9 Å². The maximum absolute atomic E-state index is 13.0. The number of likely N-dealkylation sites (tertiary alicyclic amines) is 1. The monoisotopic (exact) mass is 269 g/mol. The van der Waals surface area contributed by atoms with Gasteiger partial charge in [-0.15, -0.1) is 0 Å². The van der Waals surface area contributed by atoms with Gasteiger partial charge in [0.25, 0.3) is 0 Å². The number of hydrogen-bond donors (Lipinski definition) is 2. The van der Waals surface area contributed by atoms with Crippen molar-refractivity contribution in [3.63, 3.8) is 0 Å². The summed E-state index contributed by atoms with van der Waals surface area (Å²) >= 11 is 0. The summed E-state index contributed by atoms with van der Waals surface area (Å²) in [6.45, 7) is 8.02. The number of carbonyl (C=O) groups excluding carboxylic acids is 1. The largest absolute Gasteiger partial charge is 0.409 e. The van der Waals surface area contributed by atoms with E-state index in [-0.39, 0.29) is 23.8 Å². The van der Waals surface area contributed by atoms with Gasteiger partial charge in [-0.2, -0.15) is 0 Å². The summed E-state index contributed by atoms with van der Waals surface area (Å²) in [5.41, 5.74) is 4.97. The van der Waals surface area contributed by atoms with Gasteiger partial charge in [0.1, 0.15) is 5.41 Å². The molecule has 1 aliphatic rings. The van der Waals surface area contributed by atoms with E-state index in [1.807, 2.05) is 18.7 Å². The lowest BCUT2D eigenvalue weighted by Gasteiger charge is -2.38. The Morgan fingerprint density at radius 2 is 1.95 bits per heavy atom. The van der Waals surface area contributed by atoms with E-state index in [1.54, 1.807) is 0 Å². The van der Waals surface area contributed by atoms with Crippen molar-refractivity contribution in [2.75, 3.05) is 0 Å². The number of nitrogens with zero attached hydrogens (tertiary/aromatic N) is 2. The summed E-state index contributed by atoms with van der Waals surface area (Å²) in [5, 5.41) is 12.1. The average Bonchev–Trinajstić information content (AvgIpc) is 2.80. The van der Waals surface area contributed by atoms with Crippen LogP contribution in [0.5, 0.6) is 0 Å². The molecule has 0 aliphatic carbocycles. The zero-order valence-corrected chi connectivity index (χ0v) is 12.5. The number of amidine groups is 1. The molecule has 0 bridgehead atoms. The Labute approximate surface area is 115 Å². The Balaban J connectivity index is 3.13. The molecular formula is C14H27N3O2. The molecule has 1 rings (SSSR count). The van der Waals surface area contributed by atoms with Crippen molar-refractivity contribution in [3.8, 4) is 0 Å². The number of nitrogens with two attached hydrogens (primary N) is 1. The smallest absolute Gasteiger partial charge is 0.236 e. The lowest BCUT2D eigenvalue weighted by atomic mass is 9.79. The van der Waals surface area contributed by atoms with Crippen LogP contribution < -0.4 is 5.73 Å². The van der Waals surface area contributed by atoms with Crippen LogP contribution >= 0.6 is 0 Å². The topological polar surface area (TPSA) is 78.9 Å². The van der Waals surface area contributed by atoms with Crippen molar-refractivity contribution in [1.29, 1.82) is 0 Å². The van der Waals surface area contributed by atoms with Gasteiger partial charge in [0.05, 0.1) is 0 Å². The second-order valence-corrected chi connectivity index (χ2v) is 5.48. The lowest BCUT2D eigenvalue weighted by Crippen LogP contribution is -2.54. The van der Waals surface area contributed by atoms with Crippen LogP contribution in [0.1, 0.15) is 59.8 Å². The summed E-state index contributed by atoms with van der Waals surface area (Å²) in [5.74, 6) is 0.0566. The maximum atomic E-state index is 13.0. The molecule has 1 heterocycles. The predicted octanol–water partition coefficient (Wildman–Crippen LogP) is 2.33. The summed E-state index contributed by atoms with van der Waals surface area (Å²) in [7, 11) is 0. The Hall–Kier alpha value is -1.26. The van der Waals surface area contributed by atoms with Crippen LogP contribution in [0.4, 0.5) is 0 Å². The first kappa shape index (κ1) is 15.8. The molecule has 110 valence electrons. The fraction of sp³-hybridized carbons (Fsp3) is 0.857. The number of rotatable bonds is 5. The predicted molar refractivity (Wildman–Crippen MR) is 76.0 cm³/mol. The highest BCUT2D eigenvalue weighted by Crippen LogP contribution is 2.35. The molecule has 0 aromatic rings. The minimum Gasteiger partial charge on any atom is -0.409 e. The molecule has 19 heavy (non-hydrogen) atoms. The van der Waals surface area contributed by atoms with Gasteiger partial charge >= 0.3 is 0 Å². The molecule has 1 saturated heterocycles. The van der Waals surface area contributed by atoms with Gasteiger partial charge in [-0.25, -0.2) is 0 Å². The number of amides is 1. The number of oxime groups is 1. The van der Waals surface area contributed by atoms with Crippen molar-refractivity contribution in [1.82, 2.24) is 4.90 Å². The molecule has 5 heteroatoms. The molecule has 2 unspecified atom stereocenters. The van der Waals surface area contributed by atoms with E-state index in [0.29, 0.717) is 12.8 Å². The highest BCUT2D eigenvalue weighted by Gasteiger charge is 2.46. The maximum Gasteiger partial charge on any atom is 0.236 e. The molecule has 0 radical (unpaired) electrons. The van der Waals surface area contributed by atoms with Gasteiger partial charge in [-0.3, -0.25) is 4.79 Å². The van der Waals surface area contributed by atoms with E-state index in [2.05, 4.69) is 19.0 Å². The molecule has 0 aromatic heterocycles. The van der Waals surface area contributed by atoms with Crippen LogP contribution in [0.25, 0.3) is 0 Å². The fourth-order valence-electron chi connectivity index (χ4n) is 3.21. The molecule has 2 atom stereocenters. The second-order valence-electron chi connectivity index (χ2n) is 5.48. The molecular weight excluding hydrogens is 242 g/mol. The molecule has 1 fully saturated rings. The lowest BCUT2D eigenvalue weighted by molar-refractivity contribution is -0.141. The first-order valence-corrected chi connectivity index (χ1v) is 7.29. The van der Waals surface area contributed by atoms with E-state index in [1.165, 1.54) is 0 Å². The first-order valence-electron chi connectivity index (χ1n) is 7.29. The average molecular weight is 269 g/mol. The molecule has 1 amide bonds. The van der Waals surface area contributed by atoms with Gasteiger partial charge < -0.3 is 15.8 Å². The quantitative estimate of drug-likeness (QED) is 0.348. The van der Waals surface area contributed by atoms with E-state index in [0.717, 1.165) is 19.3 Å². The molecule has 0 saturated carbocycles. The van der Waals surface area contributed by atoms with Crippen molar-refractivity contribution in [2.24, 2.45) is 16.3 Å². The van der Waals surface area contributed by atoms with Gasteiger partial charge in [0, 0.05) is 12.1 Å². The van der Waals surface area contributed by atoms with Crippen LogP contribution in [0.3, 0.4) is 0 Å². The zero-order chi connectivity index (χ0) is 14.6. The summed E-state index contributed by atoms with van der Waals surface area (Å²) < 4.78 is 0. The summed E-state index contributed by atoms with van der Waals surface area (Å²) in [4.78, 5) is 14.9. The zero-order valence-electron chi connectivity index (χ0n) is 12.5. The SMILES string of the molecule is CCC1CCC(C)N1C(=O)C(CC)(CC)C(N)=NO. The normalized spacial score (nSPS) is 24.8. The minimum atomic E-state index is -0.860. The minimum absolute atomic E-state index is 0.0182. The van der Waals surface area contributed by atoms with Crippen molar-refractivity contribution in [3.05, 3.63) is 0 Å². The Bertz CT molecular complexity index is 351. The molecule has 1 aliphatic heterocycles. The number of carbonyl (C=O) groups is 1. The van der Waals surface area contributed by atoms with Crippen molar-refractivity contribution in [2.45, 2.75) is 71.9 Å². The van der Waals surface area contributed by atoms with E-state index < -0.39 is 5.41 Å². The van der Waals surface area contributed by atoms with E-state index >= 15 is 0 Å². The van der Waals surface area contributed by atoms with Gasteiger partial charge in [0.15, 0.2) is 5.84 Å². The molecule has 0 spiro atoms. The van der Waals surface area contributed by atoms with Crippen LogP contribution in [0.15, 0.2) is 5.16 Å². The van der Waals surface area contributed by atoms with E-state index in [9.17, 15) is 4.79 Å².